The van der Waals surface area contributed by atoms with E-state index in [4.69, 9.17) is 22.1 Å². The second kappa shape index (κ2) is 5.38. The number of aryl methyl sites for hydroxylation is 2. The molecule has 1 aromatic heterocycles. The van der Waals surface area contributed by atoms with Crippen LogP contribution in [0, 0.1) is 13.8 Å². The molecule has 0 atom stereocenters. The minimum Gasteiger partial charge on any atom is -0.455 e. The van der Waals surface area contributed by atoms with Crippen LogP contribution in [0.25, 0.3) is 0 Å². The molecule has 0 amide bonds. The van der Waals surface area contributed by atoms with Crippen LogP contribution >= 0.6 is 11.6 Å². The van der Waals surface area contributed by atoms with E-state index in [9.17, 15) is 0 Å². The molecule has 0 saturated heterocycles. The maximum atomic E-state index is 5.99. The van der Waals surface area contributed by atoms with Crippen molar-refractivity contribution in [1.82, 2.24) is 4.98 Å². The van der Waals surface area contributed by atoms with Crippen molar-refractivity contribution in [2.45, 2.75) is 20.4 Å². The number of hydrogen-bond acceptors (Lipinski definition) is 3. The molecule has 2 aromatic rings. The van der Waals surface area contributed by atoms with E-state index in [-0.39, 0.29) is 0 Å². The first-order chi connectivity index (χ1) is 8.60. The number of benzene rings is 1. The number of aromatic nitrogens is 1. The van der Waals surface area contributed by atoms with Gasteiger partial charge < -0.3 is 10.5 Å². The van der Waals surface area contributed by atoms with Crippen molar-refractivity contribution in [3.8, 4) is 11.5 Å². The lowest BCUT2D eigenvalue weighted by atomic mass is 10.1. The number of nitrogens with zero attached hydrogens (tertiary/aromatic N) is 1. The summed E-state index contributed by atoms with van der Waals surface area (Å²) < 4.78 is 5.86. The number of rotatable bonds is 3. The van der Waals surface area contributed by atoms with E-state index in [1.807, 2.05) is 32.0 Å². The fourth-order valence-electron chi connectivity index (χ4n) is 1.81. The summed E-state index contributed by atoms with van der Waals surface area (Å²) in [6.45, 7) is 4.38. The molecule has 4 heteroatoms. The first-order valence-corrected chi connectivity index (χ1v) is 6.06. The van der Waals surface area contributed by atoms with Crippen LogP contribution in [-0.2, 0) is 6.54 Å². The van der Waals surface area contributed by atoms with Crippen molar-refractivity contribution >= 4 is 11.6 Å². The Kier molecular flexibility index (Phi) is 3.84. The maximum Gasteiger partial charge on any atom is 0.146 e. The Morgan fingerprint density at radius 2 is 1.83 bits per heavy atom. The topological polar surface area (TPSA) is 48.1 Å². The first kappa shape index (κ1) is 12.9. The van der Waals surface area contributed by atoms with Crippen LogP contribution in [0.5, 0.6) is 11.5 Å². The van der Waals surface area contributed by atoms with Gasteiger partial charge in [0, 0.05) is 17.8 Å². The number of pyridine rings is 1. The molecule has 3 nitrogen and oxygen atoms in total. The minimum atomic E-state index is 0.447. The molecule has 0 bridgehead atoms. The van der Waals surface area contributed by atoms with Crippen molar-refractivity contribution in [3.05, 3.63) is 52.3 Å². The summed E-state index contributed by atoms with van der Waals surface area (Å²) in [5.41, 5.74) is 8.52. The largest absolute Gasteiger partial charge is 0.455 e. The van der Waals surface area contributed by atoms with Gasteiger partial charge in [0.1, 0.15) is 11.5 Å². The number of ether oxygens (including phenoxy) is 1. The monoisotopic (exact) mass is 262 g/mol. The first-order valence-electron chi connectivity index (χ1n) is 5.68. The van der Waals surface area contributed by atoms with Gasteiger partial charge in [-0.15, -0.1) is 0 Å². The summed E-state index contributed by atoms with van der Waals surface area (Å²) in [6.07, 6.45) is 3.40. The van der Waals surface area contributed by atoms with E-state index in [0.29, 0.717) is 17.3 Å². The second-order valence-electron chi connectivity index (χ2n) is 4.20. The zero-order valence-electron chi connectivity index (χ0n) is 10.4. The fraction of sp³-hybridized carbons (Fsp3) is 0.214. The fourth-order valence-corrected chi connectivity index (χ4v) is 2.13. The smallest absolute Gasteiger partial charge is 0.146 e. The summed E-state index contributed by atoms with van der Waals surface area (Å²) in [5.74, 6) is 1.50. The van der Waals surface area contributed by atoms with E-state index in [0.717, 1.165) is 22.4 Å². The van der Waals surface area contributed by atoms with Crippen molar-refractivity contribution < 1.29 is 4.74 Å². The van der Waals surface area contributed by atoms with Crippen molar-refractivity contribution in [2.24, 2.45) is 5.73 Å². The van der Waals surface area contributed by atoms with Gasteiger partial charge in [-0.2, -0.15) is 0 Å². The molecular formula is C14H15ClN2O. The van der Waals surface area contributed by atoms with Gasteiger partial charge in [-0.1, -0.05) is 11.6 Å². The molecule has 1 heterocycles. The molecule has 94 valence electrons. The molecule has 2 N–H and O–H groups in total. The van der Waals surface area contributed by atoms with Gasteiger partial charge >= 0.3 is 0 Å². The molecule has 0 aliphatic rings. The molecule has 0 aliphatic heterocycles. The summed E-state index contributed by atoms with van der Waals surface area (Å²) in [6, 6.07) is 5.65. The molecule has 0 saturated carbocycles. The zero-order chi connectivity index (χ0) is 13.1. The van der Waals surface area contributed by atoms with Gasteiger partial charge in [0.05, 0.1) is 6.20 Å². The predicted molar refractivity (Wildman–Crippen MR) is 73.1 cm³/mol. The van der Waals surface area contributed by atoms with Crippen LogP contribution < -0.4 is 10.5 Å². The Bertz CT molecular complexity index is 546. The Labute approximate surface area is 112 Å². The SMILES string of the molecule is Cc1cc(Cl)cc(C)c1Oc1cncc(CN)c1. The Balaban J connectivity index is 2.33. The third kappa shape index (κ3) is 2.81. The third-order valence-electron chi connectivity index (χ3n) is 2.65. The van der Waals surface area contributed by atoms with E-state index in [2.05, 4.69) is 4.98 Å². The Hall–Kier alpha value is -1.58. The third-order valence-corrected chi connectivity index (χ3v) is 2.87. The predicted octanol–water partition coefficient (Wildman–Crippen LogP) is 3.60. The number of halogens is 1. The van der Waals surface area contributed by atoms with Crippen molar-refractivity contribution in [2.75, 3.05) is 0 Å². The molecule has 1 aromatic carbocycles. The minimum absolute atomic E-state index is 0.447. The second-order valence-corrected chi connectivity index (χ2v) is 4.64. The van der Waals surface area contributed by atoms with Crippen LogP contribution in [-0.4, -0.2) is 4.98 Å². The van der Waals surface area contributed by atoms with Gasteiger partial charge in [-0.3, -0.25) is 4.98 Å². The van der Waals surface area contributed by atoms with Crippen molar-refractivity contribution in [3.63, 3.8) is 0 Å². The van der Waals surface area contributed by atoms with Crippen LogP contribution in [0.4, 0.5) is 0 Å². The Morgan fingerprint density at radius 1 is 1.17 bits per heavy atom. The van der Waals surface area contributed by atoms with Gasteiger partial charge in [0.15, 0.2) is 0 Å². The Morgan fingerprint density at radius 3 is 2.44 bits per heavy atom. The molecule has 18 heavy (non-hydrogen) atoms. The van der Waals surface area contributed by atoms with E-state index in [1.54, 1.807) is 12.4 Å². The van der Waals surface area contributed by atoms with Gasteiger partial charge in [-0.05, 0) is 48.7 Å². The van der Waals surface area contributed by atoms with Gasteiger partial charge in [0.2, 0.25) is 0 Å². The molecule has 2 rings (SSSR count). The lowest BCUT2D eigenvalue weighted by Gasteiger charge is -2.12. The highest BCUT2D eigenvalue weighted by Gasteiger charge is 2.07. The zero-order valence-corrected chi connectivity index (χ0v) is 11.2. The highest BCUT2D eigenvalue weighted by Crippen LogP contribution is 2.31. The summed E-state index contributed by atoms with van der Waals surface area (Å²) >= 11 is 5.99. The number of nitrogens with two attached hydrogens (primary N) is 1. The van der Waals surface area contributed by atoms with E-state index in [1.165, 1.54) is 0 Å². The molecule has 0 radical (unpaired) electrons. The van der Waals surface area contributed by atoms with Crippen molar-refractivity contribution in [1.29, 1.82) is 0 Å². The van der Waals surface area contributed by atoms with Crippen LogP contribution in [0.15, 0.2) is 30.6 Å². The summed E-state index contributed by atoms with van der Waals surface area (Å²) in [5, 5.41) is 0.714. The quantitative estimate of drug-likeness (QED) is 0.919. The molecule has 0 spiro atoms. The molecule has 0 fully saturated rings. The maximum absolute atomic E-state index is 5.99. The lowest BCUT2D eigenvalue weighted by molar-refractivity contribution is 0.472. The summed E-state index contributed by atoms with van der Waals surface area (Å²) in [7, 11) is 0. The van der Waals surface area contributed by atoms with E-state index >= 15 is 0 Å². The van der Waals surface area contributed by atoms with Crippen LogP contribution in [0.1, 0.15) is 16.7 Å². The normalized spacial score (nSPS) is 10.4. The van der Waals surface area contributed by atoms with Gasteiger partial charge in [0.25, 0.3) is 0 Å². The molecule has 0 aliphatic carbocycles. The highest BCUT2D eigenvalue weighted by atomic mass is 35.5. The average Bonchev–Trinajstić information content (AvgIpc) is 2.34. The van der Waals surface area contributed by atoms with Crippen LogP contribution in [0.2, 0.25) is 5.02 Å². The molecular weight excluding hydrogens is 248 g/mol. The molecule has 0 unspecified atom stereocenters. The van der Waals surface area contributed by atoms with Gasteiger partial charge in [-0.25, -0.2) is 0 Å². The highest BCUT2D eigenvalue weighted by molar-refractivity contribution is 6.30. The van der Waals surface area contributed by atoms with E-state index < -0.39 is 0 Å². The lowest BCUT2D eigenvalue weighted by Crippen LogP contribution is -1.98. The number of hydrogen-bond donors (Lipinski definition) is 1. The summed E-state index contributed by atoms with van der Waals surface area (Å²) in [4.78, 5) is 4.10. The average molecular weight is 263 g/mol. The standard InChI is InChI=1S/C14H15ClN2O/c1-9-3-12(15)4-10(2)14(9)18-13-5-11(6-16)7-17-8-13/h3-5,7-8H,6,16H2,1-2H3. The van der Waals surface area contributed by atoms with Crippen LogP contribution in [0.3, 0.4) is 0 Å².